The lowest BCUT2D eigenvalue weighted by Crippen LogP contribution is -2.48. The van der Waals surface area contributed by atoms with Gasteiger partial charge in [-0.2, -0.15) is 0 Å². The predicted molar refractivity (Wildman–Crippen MR) is 65.1 cm³/mol. The van der Waals surface area contributed by atoms with Crippen LogP contribution in [0.3, 0.4) is 0 Å². The highest BCUT2D eigenvalue weighted by molar-refractivity contribution is 5.93. The van der Waals surface area contributed by atoms with E-state index in [2.05, 4.69) is 27.2 Å². The third kappa shape index (κ3) is 1.95. The van der Waals surface area contributed by atoms with E-state index in [1.54, 1.807) is 12.3 Å². The van der Waals surface area contributed by atoms with Crippen LogP contribution in [-0.2, 0) is 4.74 Å². The highest BCUT2D eigenvalue weighted by Crippen LogP contribution is 2.25. The Morgan fingerprint density at radius 2 is 2.44 bits per heavy atom. The molecule has 1 amide bonds. The molecule has 0 aromatic carbocycles. The van der Waals surface area contributed by atoms with Crippen molar-refractivity contribution in [3.63, 3.8) is 0 Å². The van der Waals surface area contributed by atoms with Crippen LogP contribution in [0.4, 0.5) is 0 Å². The zero-order valence-corrected chi connectivity index (χ0v) is 10.1. The minimum absolute atomic E-state index is 0.0568. The lowest BCUT2D eigenvalue weighted by Gasteiger charge is -2.37. The zero-order valence-electron chi connectivity index (χ0n) is 10.1. The average molecular weight is 246 g/mol. The van der Waals surface area contributed by atoms with E-state index in [4.69, 9.17) is 4.74 Å². The molecule has 0 radical (unpaired) electrons. The summed E-state index contributed by atoms with van der Waals surface area (Å²) in [5.41, 5.74) is 1.78. The highest BCUT2D eigenvalue weighted by atomic mass is 16.5. The normalized spacial score (nSPS) is 17.4. The van der Waals surface area contributed by atoms with E-state index in [0.717, 1.165) is 0 Å². The van der Waals surface area contributed by atoms with Gasteiger partial charge >= 0.3 is 0 Å². The summed E-state index contributed by atoms with van der Waals surface area (Å²) in [5.74, 6) is -0.196. The Morgan fingerprint density at radius 1 is 1.61 bits per heavy atom. The quantitative estimate of drug-likeness (QED) is 0.836. The lowest BCUT2D eigenvalue weighted by atomic mass is 9.89. The van der Waals surface area contributed by atoms with Crippen molar-refractivity contribution in [1.82, 2.24) is 20.3 Å². The summed E-state index contributed by atoms with van der Waals surface area (Å²) in [7, 11) is 0. The fourth-order valence-electron chi connectivity index (χ4n) is 1.88. The maximum Gasteiger partial charge on any atom is 0.271 e. The predicted octanol–water partition coefficient (Wildman–Crippen LogP) is 0.724. The van der Waals surface area contributed by atoms with Gasteiger partial charge in [-0.3, -0.25) is 4.79 Å². The van der Waals surface area contributed by atoms with Crippen molar-refractivity contribution in [2.45, 2.75) is 6.92 Å². The van der Waals surface area contributed by atoms with Gasteiger partial charge < -0.3 is 15.0 Å². The van der Waals surface area contributed by atoms with Crippen LogP contribution in [0.2, 0.25) is 0 Å². The number of aromatic nitrogens is 3. The zero-order chi connectivity index (χ0) is 12.6. The van der Waals surface area contributed by atoms with Crippen LogP contribution in [-0.4, -0.2) is 40.6 Å². The van der Waals surface area contributed by atoms with E-state index in [9.17, 15) is 4.79 Å². The first-order chi connectivity index (χ1) is 8.66. The first-order valence-electron chi connectivity index (χ1n) is 5.82. The molecule has 1 aliphatic rings. The van der Waals surface area contributed by atoms with Crippen molar-refractivity contribution < 1.29 is 9.53 Å². The molecule has 94 valence electrons. The molecule has 2 aromatic rings. The lowest BCUT2D eigenvalue weighted by molar-refractivity contribution is -0.0978. The van der Waals surface area contributed by atoms with Gasteiger partial charge in [-0.25, -0.2) is 9.97 Å². The number of carbonyl (C=O) groups excluding carboxylic acids is 1. The van der Waals surface area contributed by atoms with Crippen LogP contribution < -0.4 is 5.32 Å². The summed E-state index contributed by atoms with van der Waals surface area (Å²) in [4.78, 5) is 23.3. The van der Waals surface area contributed by atoms with Crippen molar-refractivity contribution in [2.24, 2.45) is 5.41 Å². The second kappa shape index (κ2) is 4.06. The number of carbonyl (C=O) groups is 1. The Kier molecular flexibility index (Phi) is 2.52. The number of fused-ring (bicyclic) bond motifs is 1. The number of amides is 1. The van der Waals surface area contributed by atoms with Crippen molar-refractivity contribution in [1.29, 1.82) is 0 Å². The molecule has 0 unspecified atom stereocenters. The molecule has 1 aliphatic heterocycles. The standard InChI is InChI=1S/C12H14N4O2/c1-12(6-18-7-12)5-15-11(17)9-4-14-10-8(16-9)2-3-13-10/h2-4H,5-7H2,1H3,(H,13,14)(H,15,17). The molecule has 6 heteroatoms. The number of nitrogens with one attached hydrogen (secondary N) is 2. The molecule has 3 heterocycles. The van der Waals surface area contributed by atoms with E-state index < -0.39 is 0 Å². The Hall–Kier alpha value is -1.95. The van der Waals surface area contributed by atoms with Crippen LogP contribution in [0.5, 0.6) is 0 Å². The number of hydrogen-bond acceptors (Lipinski definition) is 4. The van der Waals surface area contributed by atoms with Gasteiger partial charge in [-0.1, -0.05) is 6.92 Å². The number of nitrogens with zero attached hydrogens (tertiary/aromatic N) is 2. The van der Waals surface area contributed by atoms with Crippen LogP contribution in [0, 0.1) is 5.41 Å². The summed E-state index contributed by atoms with van der Waals surface area (Å²) in [5, 5.41) is 2.87. The Morgan fingerprint density at radius 3 is 3.17 bits per heavy atom. The molecule has 0 aliphatic carbocycles. The third-order valence-corrected chi connectivity index (χ3v) is 3.07. The maximum absolute atomic E-state index is 11.9. The maximum atomic E-state index is 11.9. The first kappa shape index (κ1) is 11.2. The summed E-state index contributed by atoms with van der Waals surface area (Å²) in [6.45, 7) is 4.06. The molecule has 2 aromatic heterocycles. The average Bonchev–Trinajstić information content (AvgIpc) is 2.80. The minimum Gasteiger partial charge on any atom is -0.380 e. The Balaban J connectivity index is 1.71. The SMILES string of the molecule is CC1(CNC(=O)c2cnc3[nH]ccc3n2)COC1. The Bertz CT molecular complexity index is 589. The van der Waals surface area contributed by atoms with Gasteiger partial charge in [0, 0.05) is 18.2 Å². The molecule has 3 rings (SSSR count). The molecular formula is C12H14N4O2. The third-order valence-electron chi connectivity index (χ3n) is 3.07. The number of aromatic amines is 1. The summed E-state index contributed by atoms with van der Waals surface area (Å²) < 4.78 is 5.14. The molecule has 1 saturated heterocycles. The summed E-state index contributed by atoms with van der Waals surface area (Å²) >= 11 is 0. The fraction of sp³-hybridized carbons (Fsp3) is 0.417. The van der Waals surface area contributed by atoms with Gasteiger partial charge in [0.1, 0.15) is 11.2 Å². The minimum atomic E-state index is -0.196. The molecule has 1 fully saturated rings. The van der Waals surface area contributed by atoms with Crippen LogP contribution in [0.1, 0.15) is 17.4 Å². The van der Waals surface area contributed by atoms with Gasteiger partial charge in [0.2, 0.25) is 0 Å². The van der Waals surface area contributed by atoms with Gasteiger partial charge in [0.25, 0.3) is 5.91 Å². The molecule has 0 spiro atoms. The summed E-state index contributed by atoms with van der Waals surface area (Å²) in [6, 6.07) is 1.79. The second-order valence-electron chi connectivity index (χ2n) is 4.95. The fourth-order valence-corrected chi connectivity index (χ4v) is 1.88. The molecule has 18 heavy (non-hydrogen) atoms. The van der Waals surface area contributed by atoms with Crippen molar-refractivity contribution in [2.75, 3.05) is 19.8 Å². The molecule has 0 saturated carbocycles. The van der Waals surface area contributed by atoms with Crippen molar-refractivity contribution in [3.8, 4) is 0 Å². The van der Waals surface area contributed by atoms with E-state index in [-0.39, 0.29) is 11.3 Å². The van der Waals surface area contributed by atoms with Crippen LogP contribution >= 0.6 is 0 Å². The monoisotopic (exact) mass is 246 g/mol. The van der Waals surface area contributed by atoms with Crippen molar-refractivity contribution >= 4 is 17.1 Å². The van der Waals surface area contributed by atoms with E-state index in [0.29, 0.717) is 36.6 Å². The van der Waals surface area contributed by atoms with E-state index in [1.165, 1.54) is 6.20 Å². The van der Waals surface area contributed by atoms with Gasteiger partial charge in [-0.05, 0) is 6.07 Å². The topological polar surface area (TPSA) is 79.9 Å². The first-order valence-corrected chi connectivity index (χ1v) is 5.82. The van der Waals surface area contributed by atoms with E-state index >= 15 is 0 Å². The second-order valence-corrected chi connectivity index (χ2v) is 4.95. The largest absolute Gasteiger partial charge is 0.380 e. The molecular weight excluding hydrogens is 232 g/mol. The number of hydrogen-bond donors (Lipinski definition) is 2. The Labute approximate surface area is 104 Å². The number of ether oxygens (including phenoxy) is 1. The van der Waals surface area contributed by atoms with Crippen molar-refractivity contribution in [3.05, 3.63) is 24.2 Å². The smallest absolute Gasteiger partial charge is 0.271 e. The number of H-pyrrole nitrogens is 1. The van der Waals surface area contributed by atoms with Gasteiger partial charge in [0.15, 0.2) is 5.65 Å². The van der Waals surface area contributed by atoms with Crippen LogP contribution in [0.15, 0.2) is 18.5 Å². The molecule has 2 N–H and O–H groups in total. The van der Waals surface area contributed by atoms with Gasteiger partial charge in [-0.15, -0.1) is 0 Å². The molecule has 6 nitrogen and oxygen atoms in total. The van der Waals surface area contributed by atoms with Gasteiger partial charge in [0.05, 0.1) is 19.4 Å². The molecule has 0 bridgehead atoms. The number of rotatable bonds is 3. The molecule has 0 atom stereocenters. The van der Waals surface area contributed by atoms with Crippen LogP contribution in [0.25, 0.3) is 11.2 Å². The van der Waals surface area contributed by atoms with E-state index in [1.807, 2.05) is 0 Å². The summed E-state index contributed by atoms with van der Waals surface area (Å²) in [6.07, 6.45) is 3.23. The highest BCUT2D eigenvalue weighted by Gasteiger charge is 2.33.